The molecule has 16 heavy (non-hydrogen) atoms. The van der Waals surface area contributed by atoms with Gasteiger partial charge < -0.3 is 15.2 Å². The first-order valence-electron chi connectivity index (χ1n) is 4.78. The molecule has 0 radical (unpaired) electrons. The van der Waals surface area contributed by atoms with Gasteiger partial charge in [-0.1, -0.05) is 0 Å². The summed E-state index contributed by atoms with van der Waals surface area (Å²) >= 11 is 1.62. The van der Waals surface area contributed by atoms with Gasteiger partial charge in [-0.15, -0.1) is 0 Å². The van der Waals surface area contributed by atoms with Gasteiger partial charge in [0.2, 0.25) is 0 Å². The Morgan fingerprint density at radius 1 is 1.50 bits per heavy atom. The predicted octanol–water partition coefficient (Wildman–Crippen LogP) is 1.80. The van der Waals surface area contributed by atoms with Gasteiger partial charge in [-0.2, -0.15) is 11.8 Å². The molecule has 0 aliphatic rings. The van der Waals surface area contributed by atoms with Crippen LogP contribution < -0.4 is 10.5 Å². The number of thioether (sulfide) groups is 1. The average molecular weight is 241 g/mol. The standard InChI is InChI=1S/C11H15NO3S/c1-14-10-7-8(12)3-4-9(10)11(13)15-5-6-16-2/h3-4,7H,5-6,12H2,1-2H3. The highest BCUT2D eigenvalue weighted by Crippen LogP contribution is 2.22. The van der Waals surface area contributed by atoms with Crippen LogP contribution in [0.15, 0.2) is 18.2 Å². The lowest BCUT2D eigenvalue weighted by Crippen LogP contribution is -2.09. The van der Waals surface area contributed by atoms with Gasteiger partial charge in [0.05, 0.1) is 7.11 Å². The lowest BCUT2D eigenvalue weighted by molar-refractivity contribution is 0.0527. The highest BCUT2D eigenvalue weighted by molar-refractivity contribution is 7.98. The van der Waals surface area contributed by atoms with E-state index in [1.807, 2.05) is 6.26 Å². The molecule has 0 aromatic heterocycles. The number of anilines is 1. The van der Waals surface area contributed by atoms with E-state index in [1.54, 1.807) is 30.0 Å². The van der Waals surface area contributed by atoms with Gasteiger partial charge in [-0.05, 0) is 18.4 Å². The van der Waals surface area contributed by atoms with Crippen molar-refractivity contribution >= 4 is 23.4 Å². The van der Waals surface area contributed by atoms with Crippen LogP contribution in [0.25, 0.3) is 0 Å². The second-order valence-corrected chi connectivity index (χ2v) is 4.07. The Morgan fingerprint density at radius 3 is 2.88 bits per heavy atom. The number of carbonyl (C=O) groups is 1. The van der Waals surface area contributed by atoms with E-state index >= 15 is 0 Å². The Kier molecular flexibility index (Phi) is 4.98. The Labute approximate surface area is 99.1 Å². The van der Waals surface area contributed by atoms with Crippen molar-refractivity contribution in [2.75, 3.05) is 31.5 Å². The average Bonchev–Trinajstić information content (AvgIpc) is 2.29. The first-order chi connectivity index (χ1) is 7.69. The van der Waals surface area contributed by atoms with Gasteiger partial charge in [0.1, 0.15) is 17.9 Å². The Hall–Kier alpha value is -1.36. The smallest absolute Gasteiger partial charge is 0.341 e. The third-order valence-electron chi connectivity index (χ3n) is 1.97. The molecule has 0 fully saturated rings. The number of rotatable bonds is 5. The molecule has 0 amide bonds. The molecule has 0 saturated carbocycles. The molecule has 0 aliphatic carbocycles. The third-order valence-corrected chi connectivity index (χ3v) is 2.54. The van der Waals surface area contributed by atoms with Crippen molar-refractivity contribution in [2.24, 2.45) is 0 Å². The molecule has 0 heterocycles. The summed E-state index contributed by atoms with van der Waals surface area (Å²) in [4.78, 5) is 11.7. The van der Waals surface area contributed by atoms with E-state index in [9.17, 15) is 4.79 Å². The molecule has 1 rings (SSSR count). The Balaban J connectivity index is 2.74. The Morgan fingerprint density at radius 2 is 2.25 bits per heavy atom. The lowest BCUT2D eigenvalue weighted by atomic mass is 10.2. The lowest BCUT2D eigenvalue weighted by Gasteiger charge is -2.08. The van der Waals surface area contributed by atoms with Gasteiger partial charge in [0.15, 0.2) is 0 Å². The van der Waals surface area contributed by atoms with Crippen LogP contribution in [0.5, 0.6) is 5.75 Å². The number of nitrogen functional groups attached to an aromatic ring is 1. The van der Waals surface area contributed by atoms with Crippen molar-refractivity contribution in [2.45, 2.75) is 0 Å². The molecule has 88 valence electrons. The molecule has 0 saturated heterocycles. The predicted molar refractivity (Wildman–Crippen MR) is 66.1 cm³/mol. The number of nitrogens with two attached hydrogens (primary N) is 1. The molecule has 0 spiro atoms. The number of hydrogen-bond donors (Lipinski definition) is 1. The number of methoxy groups -OCH3 is 1. The monoisotopic (exact) mass is 241 g/mol. The van der Waals surface area contributed by atoms with E-state index in [1.165, 1.54) is 7.11 Å². The van der Waals surface area contributed by atoms with E-state index in [4.69, 9.17) is 15.2 Å². The van der Waals surface area contributed by atoms with Crippen molar-refractivity contribution in [1.29, 1.82) is 0 Å². The van der Waals surface area contributed by atoms with E-state index in [0.29, 0.717) is 23.6 Å². The van der Waals surface area contributed by atoms with Crippen molar-refractivity contribution in [1.82, 2.24) is 0 Å². The maximum Gasteiger partial charge on any atom is 0.341 e. The van der Waals surface area contributed by atoms with Crippen LogP contribution in [-0.2, 0) is 4.74 Å². The topological polar surface area (TPSA) is 61.5 Å². The van der Waals surface area contributed by atoms with Crippen molar-refractivity contribution in [3.63, 3.8) is 0 Å². The SMILES string of the molecule is COc1cc(N)ccc1C(=O)OCCSC. The molecule has 0 bridgehead atoms. The van der Waals surface area contributed by atoms with Gasteiger partial charge in [0.25, 0.3) is 0 Å². The molecular formula is C11H15NO3S. The first kappa shape index (κ1) is 12.7. The van der Waals surface area contributed by atoms with E-state index in [2.05, 4.69) is 0 Å². The number of benzene rings is 1. The summed E-state index contributed by atoms with van der Waals surface area (Å²) in [6.07, 6.45) is 1.96. The second-order valence-electron chi connectivity index (χ2n) is 3.09. The quantitative estimate of drug-likeness (QED) is 0.484. The zero-order valence-electron chi connectivity index (χ0n) is 9.36. The zero-order valence-corrected chi connectivity index (χ0v) is 10.2. The van der Waals surface area contributed by atoms with Crippen LogP contribution in [0.3, 0.4) is 0 Å². The summed E-state index contributed by atoms with van der Waals surface area (Å²) in [5.74, 6) is 0.836. The summed E-state index contributed by atoms with van der Waals surface area (Å²) in [5.41, 5.74) is 6.54. The minimum atomic E-state index is -0.383. The molecule has 4 nitrogen and oxygen atoms in total. The normalized spacial score (nSPS) is 9.88. The van der Waals surface area contributed by atoms with Crippen LogP contribution in [0.4, 0.5) is 5.69 Å². The van der Waals surface area contributed by atoms with Gasteiger partial charge in [-0.25, -0.2) is 4.79 Å². The largest absolute Gasteiger partial charge is 0.496 e. The van der Waals surface area contributed by atoms with E-state index < -0.39 is 0 Å². The highest BCUT2D eigenvalue weighted by atomic mass is 32.2. The maximum atomic E-state index is 11.7. The fourth-order valence-electron chi connectivity index (χ4n) is 1.17. The summed E-state index contributed by atoms with van der Waals surface area (Å²) in [6.45, 7) is 0.396. The third kappa shape index (κ3) is 3.34. The molecule has 0 atom stereocenters. The Bertz CT molecular complexity index is 368. The van der Waals surface area contributed by atoms with Crippen LogP contribution in [-0.4, -0.2) is 31.7 Å². The van der Waals surface area contributed by atoms with Gasteiger partial charge in [0, 0.05) is 17.5 Å². The summed E-state index contributed by atoms with van der Waals surface area (Å²) in [5, 5.41) is 0. The number of carbonyl (C=O) groups excluding carboxylic acids is 1. The van der Waals surface area contributed by atoms with E-state index in [0.717, 1.165) is 5.75 Å². The number of hydrogen-bond acceptors (Lipinski definition) is 5. The minimum absolute atomic E-state index is 0.383. The van der Waals surface area contributed by atoms with Gasteiger partial charge in [-0.3, -0.25) is 0 Å². The van der Waals surface area contributed by atoms with Crippen LogP contribution in [0.2, 0.25) is 0 Å². The molecule has 5 heteroatoms. The first-order valence-corrected chi connectivity index (χ1v) is 6.18. The molecule has 2 N–H and O–H groups in total. The fraction of sp³-hybridized carbons (Fsp3) is 0.364. The summed E-state index contributed by atoms with van der Waals surface area (Å²) < 4.78 is 10.1. The van der Waals surface area contributed by atoms with Crippen LogP contribution >= 0.6 is 11.8 Å². The second kappa shape index (κ2) is 6.27. The number of ether oxygens (including phenoxy) is 2. The molecule has 1 aromatic rings. The van der Waals surface area contributed by atoms with Crippen LogP contribution in [0, 0.1) is 0 Å². The maximum absolute atomic E-state index is 11.7. The number of esters is 1. The molecular weight excluding hydrogens is 226 g/mol. The fourth-order valence-corrected chi connectivity index (χ4v) is 1.42. The molecule has 0 unspecified atom stereocenters. The van der Waals surface area contributed by atoms with Crippen LogP contribution in [0.1, 0.15) is 10.4 Å². The minimum Gasteiger partial charge on any atom is -0.496 e. The van der Waals surface area contributed by atoms with Gasteiger partial charge >= 0.3 is 5.97 Å². The zero-order chi connectivity index (χ0) is 12.0. The molecule has 0 aliphatic heterocycles. The van der Waals surface area contributed by atoms with Crippen molar-refractivity contribution in [3.05, 3.63) is 23.8 Å². The highest BCUT2D eigenvalue weighted by Gasteiger charge is 2.13. The summed E-state index contributed by atoms with van der Waals surface area (Å²) in [6, 6.07) is 4.86. The van der Waals surface area contributed by atoms with Crippen molar-refractivity contribution < 1.29 is 14.3 Å². The van der Waals surface area contributed by atoms with Crippen molar-refractivity contribution in [3.8, 4) is 5.75 Å². The summed E-state index contributed by atoms with van der Waals surface area (Å²) in [7, 11) is 1.49. The molecule has 1 aromatic carbocycles. The van der Waals surface area contributed by atoms with E-state index in [-0.39, 0.29) is 5.97 Å².